The summed E-state index contributed by atoms with van der Waals surface area (Å²) < 4.78 is 26.0. The Morgan fingerprint density at radius 3 is 2.19 bits per heavy atom. The van der Waals surface area contributed by atoms with Crippen LogP contribution in [0.1, 0.15) is 37.3 Å². The first-order valence-corrected chi connectivity index (χ1v) is 9.22. The Balaban J connectivity index is 1.40. The van der Waals surface area contributed by atoms with E-state index in [2.05, 4.69) is 21.2 Å². The van der Waals surface area contributed by atoms with Crippen LogP contribution < -0.4 is 4.90 Å². The Kier molecular flexibility index (Phi) is 3.15. The van der Waals surface area contributed by atoms with E-state index in [0.29, 0.717) is 32.1 Å². The second-order valence-electron chi connectivity index (χ2n) is 6.22. The lowest BCUT2D eigenvalue weighted by Crippen LogP contribution is -2.49. The number of piperazine rings is 1. The number of hydrogen-bond donors (Lipinski definition) is 0. The molecule has 3 aliphatic rings. The van der Waals surface area contributed by atoms with E-state index >= 15 is 0 Å². The first-order chi connectivity index (χ1) is 10.1. The smallest absolute Gasteiger partial charge is 0.217 e. The van der Waals surface area contributed by atoms with Crippen molar-refractivity contribution in [2.75, 3.05) is 31.1 Å². The van der Waals surface area contributed by atoms with Gasteiger partial charge in [0.1, 0.15) is 0 Å². The zero-order chi connectivity index (χ0) is 14.4. The van der Waals surface area contributed by atoms with Crippen LogP contribution in [0, 0.1) is 0 Å². The van der Waals surface area contributed by atoms with Crippen LogP contribution in [0.25, 0.3) is 0 Å². The molecule has 2 saturated carbocycles. The van der Waals surface area contributed by atoms with Crippen molar-refractivity contribution in [2.24, 2.45) is 0 Å². The third-order valence-corrected chi connectivity index (χ3v) is 6.93. The van der Waals surface area contributed by atoms with Crippen LogP contribution in [-0.4, -0.2) is 54.3 Å². The van der Waals surface area contributed by atoms with Crippen molar-refractivity contribution in [3.63, 3.8) is 0 Å². The summed E-state index contributed by atoms with van der Waals surface area (Å²) in [6, 6.07) is 4.08. The zero-order valence-electron chi connectivity index (χ0n) is 12.0. The van der Waals surface area contributed by atoms with Gasteiger partial charge in [-0.15, -0.1) is 5.10 Å². The molecule has 3 fully saturated rings. The fourth-order valence-corrected chi connectivity index (χ4v) is 4.68. The highest BCUT2D eigenvalue weighted by atomic mass is 32.2. The summed E-state index contributed by atoms with van der Waals surface area (Å²) in [5.74, 6) is 1.48. The van der Waals surface area contributed by atoms with Crippen molar-refractivity contribution >= 4 is 15.8 Å². The molecule has 0 unspecified atom stereocenters. The van der Waals surface area contributed by atoms with Crippen LogP contribution in [0.15, 0.2) is 12.1 Å². The Bertz CT molecular complexity index is 615. The molecule has 2 heterocycles. The summed E-state index contributed by atoms with van der Waals surface area (Å²) >= 11 is 0. The van der Waals surface area contributed by atoms with Crippen molar-refractivity contribution < 1.29 is 8.42 Å². The highest BCUT2D eigenvalue weighted by Crippen LogP contribution is 2.38. The van der Waals surface area contributed by atoms with E-state index < -0.39 is 10.0 Å². The zero-order valence-corrected chi connectivity index (χ0v) is 12.8. The maximum Gasteiger partial charge on any atom is 0.217 e. The molecule has 6 nitrogen and oxygen atoms in total. The molecule has 0 N–H and O–H groups in total. The van der Waals surface area contributed by atoms with Gasteiger partial charge in [0, 0.05) is 32.1 Å². The van der Waals surface area contributed by atoms with Crippen LogP contribution in [0.4, 0.5) is 5.82 Å². The predicted molar refractivity (Wildman–Crippen MR) is 79.7 cm³/mol. The molecule has 0 atom stereocenters. The molecule has 0 bridgehead atoms. The van der Waals surface area contributed by atoms with Gasteiger partial charge in [0.25, 0.3) is 0 Å². The SMILES string of the molecule is O=S(=O)(C1CC1)N1CCN(c2ccc(C3CC3)nn2)CC1. The lowest BCUT2D eigenvalue weighted by Gasteiger charge is -2.34. The van der Waals surface area contributed by atoms with Gasteiger partial charge < -0.3 is 4.90 Å². The highest BCUT2D eigenvalue weighted by Gasteiger charge is 2.41. The first kappa shape index (κ1) is 13.5. The van der Waals surface area contributed by atoms with E-state index in [1.807, 2.05) is 6.07 Å². The van der Waals surface area contributed by atoms with Crippen LogP contribution >= 0.6 is 0 Å². The van der Waals surface area contributed by atoms with Crippen molar-refractivity contribution in [2.45, 2.75) is 36.9 Å². The van der Waals surface area contributed by atoms with E-state index in [-0.39, 0.29) is 5.25 Å². The summed E-state index contributed by atoms with van der Waals surface area (Å²) in [5, 5.41) is 8.50. The molecule has 4 rings (SSSR count). The largest absolute Gasteiger partial charge is 0.352 e. The second-order valence-corrected chi connectivity index (χ2v) is 8.43. The van der Waals surface area contributed by atoms with Crippen LogP contribution in [0.2, 0.25) is 0 Å². The Morgan fingerprint density at radius 1 is 0.952 bits per heavy atom. The van der Waals surface area contributed by atoms with Gasteiger partial charge in [0.15, 0.2) is 5.82 Å². The maximum atomic E-state index is 12.2. The fraction of sp³-hybridized carbons (Fsp3) is 0.714. The summed E-state index contributed by atoms with van der Waals surface area (Å²) in [6.45, 7) is 2.52. The van der Waals surface area contributed by atoms with Crippen LogP contribution in [-0.2, 0) is 10.0 Å². The monoisotopic (exact) mass is 308 g/mol. The van der Waals surface area contributed by atoms with Gasteiger partial charge in [-0.2, -0.15) is 9.40 Å². The minimum atomic E-state index is -3.03. The van der Waals surface area contributed by atoms with Gasteiger partial charge in [-0.05, 0) is 37.8 Å². The molecular weight excluding hydrogens is 288 g/mol. The number of anilines is 1. The normalized spacial score (nSPS) is 24.3. The number of nitrogens with zero attached hydrogens (tertiary/aromatic N) is 4. The van der Waals surface area contributed by atoms with Crippen molar-refractivity contribution in [1.29, 1.82) is 0 Å². The molecule has 114 valence electrons. The van der Waals surface area contributed by atoms with Gasteiger partial charge in [0.2, 0.25) is 10.0 Å². The number of sulfonamides is 1. The molecule has 0 aromatic carbocycles. The maximum absolute atomic E-state index is 12.2. The average Bonchev–Trinajstić information content (AvgIpc) is 3.40. The average molecular weight is 308 g/mol. The predicted octanol–water partition coefficient (Wildman–Crippen LogP) is 0.968. The molecule has 21 heavy (non-hydrogen) atoms. The first-order valence-electron chi connectivity index (χ1n) is 7.72. The highest BCUT2D eigenvalue weighted by molar-refractivity contribution is 7.90. The third kappa shape index (κ3) is 2.64. The quantitative estimate of drug-likeness (QED) is 0.829. The van der Waals surface area contributed by atoms with Gasteiger partial charge in [-0.1, -0.05) is 0 Å². The van der Waals surface area contributed by atoms with Crippen molar-refractivity contribution in [3.05, 3.63) is 17.8 Å². The van der Waals surface area contributed by atoms with Crippen molar-refractivity contribution in [1.82, 2.24) is 14.5 Å². The van der Waals surface area contributed by atoms with E-state index in [9.17, 15) is 8.42 Å². The summed E-state index contributed by atoms with van der Waals surface area (Å²) in [4.78, 5) is 2.13. The van der Waals surface area contributed by atoms with Crippen molar-refractivity contribution in [3.8, 4) is 0 Å². The lowest BCUT2D eigenvalue weighted by molar-refractivity contribution is 0.382. The van der Waals surface area contributed by atoms with Gasteiger partial charge >= 0.3 is 0 Å². The minimum Gasteiger partial charge on any atom is -0.352 e. The van der Waals surface area contributed by atoms with Crippen LogP contribution in [0.3, 0.4) is 0 Å². The summed E-state index contributed by atoms with van der Waals surface area (Å²) in [7, 11) is -3.03. The Labute approximate surface area is 125 Å². The summed E-state index contributed by atoms with van der Waals surface area (Å²) in [5.41, 5.74) is 1.09. The van der Waals surface area contributed by atoms with E-state index in [4.69, 9.17) is 0 Å². The topological polar surface area (TPSA) is 66.4 Å². The molecule has 1 saturated heterocycles. The van der Waals surface area contributed by atoms with Gasteiger partial charge in [-0.3, -0.25) is 0 Å². The van der Waals surface area contributed by atoms with Gasteiger partial charge in [0.05, 0.1) is 10.9 Å². The lowest BCUT2D eigenvalue weighted by atomic mass is 10.2. The molecule has 0 spiro atoms. The molecule has 7 heteroatoms. The van der Waals surface area contributed by atoms with E-state index in [0.717, 1.165) is 24.4 Å². The van der Waals surface area contributed by atoms with Gasteiger partial charge in [-0.25, -0.2) is 8.42 Å². The molecule has 2 aliphatic carbocycles. The molecular formula is C14H20N4O2S. The Morgan fingerprint density at radius 2 is 1.67 bits per heavy atom. The molecule has 1 aliphatic heterocycles. The second kappa shape index (κ2) is 4.91. The molecule has 1 aromatic rings. The molecule has 1 aromatic heterocycles. The molecule has 0 radical (unpaired) electrons. The third-order valence-electron chi connectivity index (χ3n) is 4.53. The van der Waals surface area contributed by atoms with Crippen LogP contribution in [0.5, 0.6) is 0 Å². The standard InChI is InChI=1S/C14H20N4O2S/c19-21(20,12-3-4-12)18-9-7-17(8-10-18)14-6-5-13(15-16-14)11-1-2-11/h5-6,11-12H,1-4,7-10H2. The number of hydrogen-bond acceptors (Lipinski definition) is 5. The number of aromatic nitrogens is 2. The molecule has 0 amide bonds. The van der Waals surface area contributed by atoms with E-state index in [1.54, 1.807) is 4.31 Å². The number of rotatable bonds is 4. The minimum absolute atomic E-state index is 0.110. The fourth-order valence-electron chi connectivity index (χ4n) is 2.85. The summed E-state index contributed by atoms with van der Waals surface area (Å²) in [6.07, 6.45) is 4.12. The Hall–Kier alpha value is -1.21. The van der Waals surface area contributed by atoms with E-state index in [1.165, 1.54) is 12.8 Å².